The van der Waals surface area contributed by atoms with Crippen LogP contribution in [-0.4, -0.2) is 9.97 Å². The van der Waals surface area contributed by atoms with Crippen molar-refractivity contribution in [3.8, 4) is 21.7 Å². The van der Waals surface area contributed by atoms with E-state index in [0.717, 1.165) is 33.3 Å². The fraction of sp³-hybridized carbons (Fsp3) is 0.226. The van der Waals surface area contributed by atoms with Crippen molar-refractivity contribution < 1.29 is 4.42 Å². The zero-order chi connectivity index (χ0) is 24.5. The number of rotatable bonds is 2. The maximum Gasteiger partial charge on any atom is 0.227 e. The minimum Gasteiger partial charge on any atom is -0.437 e. The molecule has 0 aliphatic rings. The molecule has 0 bridgehead atoms. The van der Waals surface area contributed by atoms with Gasteiger partial charge < -0.3 is 4.42 Å². The Hall–Kier alpha value is -3.50. The lowest BCUT2D eigenvalue weighted by Crippen LogP contribution is -2.11. The molecule has 0 radical (unpaired) electrons. The summed E-state index contributed by atoms with van der Waals surface area (Å²) in [6, 6.07) is 19.5. The van der Waals surface area contributed by atoms with E-state index in [9.17, 15) is 0 Å². The zero-order valence-electron chi connectivity index (χ0n) is 21.0. The Morgan fingerprint density at radius 2 is 1.63 bits per heavy atom. The lowest BCUT2D eigenvalue weighted by molar-refractivity contribution is 0.589. The second-order valence-electron chi connectivity index (χ2n) is 10.5. The Morgan fingerprint density at radius 1 is 0.857 bits per heavy atom. The van der Waals surface area contributed by atoms with Gasteiger partial charge in [0.15, 0.2) is 0 Å². The quantitative estimate of drug-likeness (QED) is 0.250. The average Bonchev–Trinajstić information content (AvgIpc) is 3.37. The Morgan fingerprint density at radius 3 is 2.37 bits per heavy atom. The van der Waals surface area contributed by atoms with Crippen LogP contribution >= 0.6 is 11.3 Å². The van der Waals surface area contributed by atoms with Crippen LogP contribution in [0.4, 0.5) is 0 Å². The van der Waals surface area contributed by atoms with Crippen LogP contribution in [0, 0.1) is 20.8 Å². The highest BCUT2D eigenvalue weighted by atomic mass is 32.1. The minimum absolute atomic E-state index is 0.138. The van der Waals surface area contributed by atoms with Gasteiger partial charge in [-0.05, 0) is 84.2 Å². The van der Waals surface area contributed by atoms with Crippen LogP contribution in [0.1, 0.15) is 43.2 Å². The van der Waals surface area contributed by atoms with Gasteiger partial charge in [-0.1, -0.05) is 45.0 Å². The molecular weight excluding hydrogens is 448 g/mol. The first-order valence-corrected chi connectivity index (χ1v) is 12.8. The summed E-state index contributed by atoms with van der Waals surface area (Å²) in [7, 11) is 0. The third kappa shape index (κ3) is 3.64. The molecule has 4 heterocycles. The van der Waals surface area contributed by atoms with E-state index >= 15 is 0 Å². The highest BCUT2D eigenvalue weighted by Gasteiger charge is 2.19. The minimum atomic E-state index is 0.138. The largest absolute Gasteiger partial charge is 0.437 e. The number of nitrogens with zero attached hydrogens (tertiary/aromatic N) is 2. The molecule has 0 N–H and O–H groups in total. The van der Waals surface area contributed by atoms with Crippen molar-refractivity contribution in [2.24, 2.45) is 0 Å². The molecule has 0 saturated heterocycles. The third-order valence-corrected chi connectivity index (χ3v) is 7.93. The molecule has 0 saturated carbocycles. The number of fused-ring (bicyclic) bond motifs is 4. The van der Waals surface area contributed by atoms with Gasteiger partial charge in [-0.15, -0.1) is 11.3 Å². The molecule has 0 fully saturated rings. The van der Waals surface area contributed by atoms with Crippen molar-refractivity contribution in [1.82, 2.24) is 9.97 Å². The molecule has 0 unspecified atom stereocenters. The molecule has 2 aromatic carbocycles. The Balaban J connectivity index is 1.48. The van der Waals surface area contributed by atoms with Gasteiger partial charge >= 0.3 is 0 Å². The van der Waals surface area contributed by atoms with Crippen molar-refractivity contribution in [2.75, 3.05) is 0 Å². The van der Waals surface area contributed by atoms with Crippen molar-refractivity contribution in [1.29, 1.82) is 0 Å². The van der Waals surface area contributed by atoms with Gasteiger partial charge in [-0.2, -0.15) is 0 Å². The predicted molar refractivity (Wildman–Crippen MR) is 148 cm³/mol. The van der Waals surface area contributed by atoms with E-state index < -0.39 is 0 Å². The topological polar surface area (TPSA) is 38.9 Å². The van der Waals surface area contributed by atoms with Gasteiger partial charge in [0.05, 0.1) is 10.4 Å². The third-order valence-electron chi connectivity index (χ3n) is 6.83. The Bertz CT molecular complexity index is 1740. The fourth-order valence-corrected chi connectivity index (χ4v) is 6.16. The molecule has 0 atom stereocenters. The number of aryl methyl sites for hydroxylation is 3. The number of furan rings is 1. The smallest absolute Gasteiger partial charge is 0.227 e. The monoisotopic (exact) mass is 476 g/mol. The molecule has 0 amide bonds. The molecule has 0 aliphatic carbocycles. The summed E-state index contributed by atoms with van der Waals surface area (Å²) >= 11 is 1.81. The molecule has 35 heavy (non-hydrogen) atoms. The van der Waals surface area contributed by atoms with Gasteiger partial charge in [0.1, 0.15) is 5.58 Å². The highest BCUT2D eigenvalue weighted by molar-refractivity contribution is 7.22. The summed E-state index contributed by atoms with van der Waals surface area (Å²) in [6.45, 7) is 13.2. The van der Waals surface area contributed by atoms with Crippen LogP contribution in [0.5, 0.6) is 0 Å². The summed E-state index contributed by atoms with van der Waals surface area (Å²) in [5.74, 6) is 0. The van der Waals surface area contributed by atoms with E-state index in [1.807, 2.05) is 30.5 Å². The molecule has 6 aromatic rings. The molecule has 6 rings (SSSR count). The molecule has 4 heteroatoms. The summed E-state index contributed by atoms with van der Waals surface area (Å²) in [6.07, 6.45) is 2.00. The molecule has 4 aromatic heterocycles. The van der Waals surface area contributed by atoms with E-state index in [1.54, 1.807) is 0 Å². The van der Waals surface area contributed by atoms with Crippen LogP contribution in [0.15, 0.2) is 65.2 Å². The van der Waals surface area contributed by atoms with E-state index in [0.29, 0.717) is 5.71 Å². The SMILES string of the molecule is Cc1ccc2c(n1)oc1c(-c3cc4cc(-c5c(C)cc(C(C)(C)C)cc5C)sc4cn3)cccc12. The van der Waals surface area contributed by atoms with Crippen LogP contribution in [0.25, 0.3) is 53.9 Å². The van der Waals surface area contributed by atoms with Gasteiger partial charge in [-0.3, -0.25) is 4.98 Å². The summed E-state index contributed by atoms with van der Waals surface area (Å²) < 4.78 is 7.42. The lowest BCUT2D eigenvalue weighted by atomic mass is 9.83. The van der Waals surface area contributed by atoms with Crippen LogP contribution < -0.4 is 0 Å². The van der Waals surface area contributed by atoms with E-state index in [4.69, 9.17) is 9.40 Å². The van der Waals surface area contributed by atoms with Crippen molar-refractivity contribution in [2.45, 2.75) is 47.0 Å². The Labute approximate surface area is 209 Å². The average molecular weight is 477 g/mol. The standard InChI is InChI=1S/C31H28N2OS/c1-17-12-21(31(4,5)6)13-18(2)28(17)26-15-20-14-25(32-16-27(20)35-26)24-9-7-8-22-23-11-10-19(3)33-30(23)34-29(22)24/h7-16H,1-6H3. The number of pyridine rings is 2. The summed E-state index contributed by atoms with van der Waals surface area (Å²) in [5, 5.41) is 3.31. The number of aromatic nitrogens is 2. The maximum absolute atomic E-state index is 6.23. The highest BCUT2D eigenvalue weighted by Crippen LogP contribution is 2.41. The van der Waals surface area contributed by atoms with Crippen molar-refractivity contribution >= 4 is 43.5 Å². The fourth-order valence-electron chi connectivity index (χ4n) is 4.97. The normalized spacial score (nSPS) is 12.3. The number of para-hydroxylation sites is 1. The first-order valence-electron chi connectivity index (χ1n) is 12.0. The molecule has 0 aliphatic heterocycles. The van der Waals surface area contributed by atoms with Gasteiger partial charge in [0, 0.05) is 33.1 Å². The molecule has 174 valence electrons. The van der Waals surface area contributed by atoms with Gasteiger partial charge in [0.25, 0.3) is 0 Å². The van der Waals surface area contributed by atoms with Gasteiger partial charge in [-0.25, -0.2) is 4.98 Å². The van der Waals surface area contributed by atoms with E-state index in [2.05, 4.69) is 88.1 Å². The maximum atomic E-state index is 6.23. The molecule has 3 nitrogen and oxygen atoms in total. The summed E-state index contributed by atoms with van der Waals surface area (Å²) in [5.41, 5.74) is 9.88. The van der Waals surface area contributed by atoms with Crippen molar-refractivity contribution in [3.05, 3.63) is 83.2 Å². The van der Waals surface area contributed by atoms with Crippen LogP contribution in [0.3, 0.4) is 0 Å². The van der Waals surface area contributed by atoms with E-state index in [-0.39, 0.29) is 5.41 Å². The second kappa shape index (κ2) is 7.76. The first kappa shape index (κ1) is 22.0. The Kier molecular flexibility index (Phi) is 4.87. The number of benzene rings is 2. The van der Waals surface area contributed by atoms with Crippen LogP contribution in [0.2, 0.25) is 0 Å². The van der Waals surface area contributed by atoms with Crippen LogP contribution in [-0.2, 0) is 5.41 Å². The first-order chi connectivity index (χ1) is 16.7. The van der Waals surface area contributed by atoms with E-state index in [1.165, 1.54) is 37.2 Å². The lowest BCUT2D eigenvalue weighted by Gasteiger charge is -2.22. The number of hydrogen-bond acceptors (Lipinski definition) is 4. The predicted octanol–water partition coefficient (Wildman–Crippen LogP) is 9.15. The zero-order valence-corrected chi connectivity index (χ0v) is 21.8. The molecular formula is C31H28N2OS. The van der Waals surface area contributed by atoms with Gasteiger partial charge in [0.2, 0.25) is 5.71 Å². The number of hydrogen-bond donors (Lipinski definition) is 0. The second-order valence-corrected chi connectivity index (χ2v) is 11.6. The summed E-state index contributed by atoms with van der Waals surface area (Å²) in [4.78, 5) is 10.7. The number of thiophene rings is 1. The van der Waals surface area contributed by atoms with Crippen molar-refractivity contribution in [3.63, 3.8) is 0 Å². The molecule has 0 spiro atoms.